The Morgan fingerprint density at radius 1 is 1.21 bits per heavy atom. The second-order valence-electron chi connectivity index (χ2n) is 10.1. The second-order valence-corrected chi connectivity index (χ2v) is 15.7. The van der Waals surface area contributed by atoms with Crippen molar-refractivity contribution in [2.75, 3.05) is 23.1 Å². The minimum absolute atomic E-state index is 0.107. The molecule has 1 fully saturated rings. The number of halogens is 3. The summed E-state index contributed by atoms with van der Waals surface area (Å²) >= 11 is 0. The Morgan fingerprint density at radius 2 is 1.82 bits per heavy atom. The molecule has 0 bridgehead atoms. The van der Waals surface area contributed by atoms with Crippen LogP contribution >= 0.6 is 0 Å². The van der Waals surface area contributed by atoms with E-state index < -0.39 is 37.9 Å². The second kappa shape index (κ2) is 9.62. The molecule has 2 amide bonds. The first-order valence-corrected chi connectivity index (χ1v) is 15.1. The Labute approximate surface area is 199 Å². The number of hydrogen-bond acceptors (Lipinski definition) is 4. The van der Waals surface area contributed by atoms with Gasteiger partial charge >= 0.3 is 12.3 Å². The van der Waals surface area contributed by atoms with Gasteiger partial charge in [0.2, 0.25) is 0 Å². The number of anilines is 2. The van der Waals surface area contributed by atoms with Crippen molar-refractivity contribution in [3.8, 4) is 11.8 Å². The summed E-state index contributed by atoms with van der Waals surface area (Å²) in [5.41, 5.74) is -3.39. The van der Waals surface area contributed by atoms with Crippen molar-refractivity contribution in [1.29, 1.82) is 0 Å². The molecule has 0 N–H and O–H groups in total. The van der Waals surface area contributed by atoms with Gasteiger partial charge in [-0.25, -0.2) is 9.69 Å². The van der Waals surface area contributed by atoms with Crippen molar-refractivity contribution in [1.82, 2.24) is 0 Å². The van der Waals surface area contributed by atoms with Crippen molar-refractivity contribution >= 4 is 31.4 Å². The Bertz CT molecular complexity index is 992. The van der Waals surface area contributed by atoms with Crippen LogP contribution in [0.25, 0.3) is 0 Å². The normalized spacial score (nSPS) is 20.7. The topological polar surface area (TPSA) is 59.1 Å². The first-order chi connectivity index (χ1) is 15.8. The van der Waals surface area contributed by atoms with Crippen LogP contribution in [0.4, 0.5) is 29.3 Å². The van der Waals surface area contributed by atoms with Gasteiger partial charge in [-0.05, 0) is 44.9 Å². The van der Waals surface area contributed by atoms with E-state index >= 15 is 0 Å². The number of carbonyl (C=O) groups is 2. The molecule has 1 saturated carbocycles. The SMILES string of the molecule is CC(C)OC(=O)N1c2ccccc2N(COCC[Si](C)(C)C)C(=O)C1(C#CC1CC1)C(F)(F)F. The molecule has 186 valence electrons. The first-order valence-electron chi connectivity index (χ1n) is 11.4. The highest BCUT2D eigenvalue weighted by Crippen LogP contribution is 2.48. The molecule has 1 heterocycles. The zero-order valence-corrected chi connectivity index (χ0v) is 21.2. The van der Waals surface area contributed by atoms with E-state index in [1.165, 1.54) is 32.0 Å². The molecule has 0 radical (unpaired) electrons. The van der Waals surface area contributed by atoms with Gasteiger partial charge in [0.1, 0.15) is 6.73 Å². The Balaban J connectivity index is 2.13. The number of amides is 2. The minimum Gasteiger partial charge on any atom is -0.446 e. The summed E-state index contributed by atoms with van der Waals surface area (Å²) in [5, 5.41) is 0. The molecular formula is C24H31F3N2O4Si. The van der Waals surface area contributed by atoms with E-state index in [2.05, 4.69) is 31.5 Å². The first kappa shape index (κ1) is 26.1. The van der Waals surface area contributed by atoms with E-state index in [4.69, 9.17) is 9.47 Å². The van der Waals surface area contributed by atoms with Gasteiger partial charge in [-0.1, -0.05) is 43.6 Å². The maximum Gasteiger partial charge on any atom is 0.433 e. The summed E-state index contributed by atoms with van der Waals surface area (Å²) in [6.45, 7) is 9.44. The lowest BCUT2D eigenvalue weighted by Gasteiger charge is -2.46. The monoisotopic (exact) mass is 496 g/mol. The lowest BCUT2D eigenvalue weighted by Crippen LogP contribution is -2.71. The molecular weight excluding hydrogens is 465 g/mol. The van der Waals surface area contributed by atoms with Crippen molar-refractivity contribution < 1.29 is 32.2 Å². The average molecular weight is 497 g/mol. The van der Waals surface area contributed by atoms with Crippen LogP contribution in [0.3, 0.4) is 0 Å². The van der Waals surface area contributed by atoms with E-state index in [1.54, 1.807) is 6.07 Å². The third-order valence-corrected chi connectivity index (χ3v) is 7.19. The fourth-order valence-electron chi connectivity index (χ4n) is 3.48. The van der Waals surface area contributed by atoms with Gasteiger partial charge in [0.05, 0.1) is 17.5 Å². The van der Waals surface area contributed by atoms with Gasteiger partial charge < -0.3 is 9.47 Å². The average Bonchev–Trinajstić information content (AvgIpc) is 3.53. The molecule has 6 nitrogen and oxygen atoms in total. The number of ether oxygens (including phenoxy) is 2. The maximum atomic E-state index is 14.8. The molecule has 2 aliphatic rings. The zero-order chi connectivity index (χ0) is 25.3. The number of hydrogen-bond donors (Lipinski definition) is 0. The van der Waals surface area contributed by atoms with Crippen molar-refractivity contribution in [3.05, 3.63) is 24.3 Å². The minimum atomic E-state index is -5.19. The molecule has 1 aliphatic heterocycles. The number of benzene rings is 1. The predicted molar refractivity (Wildman–Crippen MR) is 126 cm³/mol. The van der Waals surface area contributed by atoms with Crippen LogP contribution < -0.4 is 9.80 Å². The molecule has 3 rings (SSSR count). The molecule has 1 unspecified atom stereocenters. The molecule has 34 heavy (non-hydrogen) atoms. The van der Waals surface area contributed by atoms with Crippen LogP contribution in [0, 0.1) is 17.8 Å². The molecule has 1 atom stereocenters. The lowest BCUT2D eigenvalue weighted by atomic mass is 9.90. The predicted octanol–water partition coefficient (Wildman–Crippen LogP) is 5.41. The van der Waals surface area contributed by atoms with Crippen LogP contribution in [-0.2, 0) is 14.3 Å². The van der Waals surface area contributed by atoms with Crippen molar-refractivity contribution in [3.63, 3.8) is 0 Å². The fraction of sp³-hybridized carbons (Fsp3) is 0.583. The summed E-state index contributed by atoms with van der Waals surface area (Å²) in [6.07, 6.45) is -5.85. The summed E-state index contributed by atoms with van der Waals surface area (Å²) < 4.78 is 55.4. The van der Waals surface area contributed by atoms with Gasteiger partial charge in [0, 0.05) is 20.6 Å². The van der Waals surface area contributed by atoms with Crippen LogP contribution in [0.2, 0.25) is 25.7 Å². The number of fused-ring (bicyclic) bond motifs is 1. The Kier molecular flexibility index (Phi) is 7.39. The lowest BCUT2D eigenvalue weighted by molar-refractivity contribution is -0.178. The van der Waals surface area contributed by atoms with Crippen LogP contribution in [0.1, 0.15) is 26.7 Å². The Hall–Kier alpha value is -2.51. The largest absolute Gasteiger partial charge is 0.446 e. The van der Waals surface area contributed by atoms with Gasteiger partial charge in [0.15, 0.2) is 0 Å². The number of carbonyl (C=O) groups excluding carboxylic acids is 2. The molecule has 0 spiro atoms. The molecule has 1 aromatic rings. The number of para-hydroxylation sites is 2. The molecule has 0 saturated heterocycles. The highest BCUT2D eigenvalue weighted by molar-refractivity contribution is 6.76. The van der Waals surface area contributed by atoms with Crippen LogP contribution in [0.5, 0.6) is 0 Å². The van der Waals surface area contributed by atoms with E-state index in [1.807, 2.05) is 0 Å². The number of rotatable bonds is 6. The van der Waals surface area contributed by atoms with E-state index in [0.717, 1.165) is 10.9 Å². The van der Waals surface area contributed by atoms with Crippen LogP contribution in [-0.4, -0.2) is 51.2 Å². The van der Waals surface area contributed by atoms with Gasteiger partial charge in [-0.3, -0.25) is 9.69 Å². The summed E-state index contributed by atoms with van der Waals surface area (Å²) in [7, 11) is -1.45. The summed E-state index contributed by atoms with van der Waals surface area (Å²) in [5.74, 6) is 3.16. The standard InChI is InChI=1S/C24H31F3N2O4Si/c1-17(2)33-22(31)29-20-9-7-6-8-19(20)28(16-32-14-15-34(3,4)5)21(30)23(29,24(25,26)27)13-12-18-10-11-18/h6-9,17-18H,10-11,14-16H2,1-5H3. The van der Waals surface area contributed by atoms with Crippen molar-refractivity contribution in [2.24, 2.45) is 5.92 Å². The highest BCUT2D eigenvalue weighted by Gasteiger charge is 2.69. The third-order valence-electron chi connectivity index (χ3n) is 5.48. The van der Waals surface area contributed by atoms with E-state index in [0.29, 0.717) is 24.3 Å². The molecule has 1 aliphatic carbocycles. The Morgan fingerprint density at radius 3 is 2.35 bits per heavy atom. The summed E-state index contributed by atoms with van der Waals surface area (Å²) in [6, 6.07) is 6.72. The van der Waals surface area contributed by atoms with Gasteiger partial charge in [-0.15, -0.1) is 0 Å². The third kappa shape index (κ3) is 5.41. The van der Waals surface area contributed by atoms with Crippen molar-refractivity contribution in [2.45, 2.75) is 70.2 Å². The maximum absolute atomic E-state index is 14.8. The quantitative estimate of drug-likeness (QED) is 0.300. The number of nitrogens with zero attached hydrogens (tertiary/aromatic N) is 2. The van der Waals surface area contributed by atoms with E-state index in [-0.39, 0.29) is 24.0 Å². The molecule has 0 aromatic heterocycles. The highest BCUT2D eigenvalue weighted by atomic mass is 28.3. The van der Waals surface area contributed by atoms with Gasteiger partial charge in [-0.2, -0.15) is 13.2 Å². The van der Waals surface area contributed by atoms with Crippen LogP contribution in [0.15, 0.2) is 24.3 Å². The fourth-order valence-corrected chi connectivity index (χ4v) is 4.23. The van der Waals surface area contributed by atoms with E-state index in [9.17, 15) is 22.8 Å². The molecule has 1 aromatic carbocycles. The van der Waals surface area contributed by atoms with Gasteiger partial charge in [0.25, 0.3) is 11.4 Å². The summed E-state index contributed by atoms with van der Waals surface area (Å²) in [4.78, 5) is 28.0. The number of alkyl halides is 3. The molecule has 10 heteroatoms. The zero-order valence-electron chi connectivity index (χ0n) is 20.2. The smallest absolute Gasteiger partial charge is 0.433 e.